The summed E-state index contributed by atoms with van der Waals surface area (Å²) in [6, 6.07) is 11.5. The number of benzene rings is 1. The topological polar surface area (TPSA) is 61.6 Å². The molecule has 2 aromatic rings. The maximum Gasteiger partial charge on any atom is 0.137 e. The van der Waals surface area contributed by atoms with E-state index in [0.29, 0.717) is 12.1 Å². The molecule has 1 aromatic heterocycles. The third-order valence-electron chi connectivity index (χ3n) is 2.90. The smallest absolute Gasteiger partial charge is 0.137 e. The molecule has 1 heterocycles. The summed E-state index contributed by atoms with van der Waals surface area (Å²) in [6.45, 7) is 6.85. The molecule has 0 aliphatic rings. The number of nitrogens with zero attached hydrogens (tertiary/aromatic N) is 3. The van der Waals surface area contributed by atoms with Gasteiger partial charge in [0, 0.05) is 18.0 Å². The van der Waals surface area contributed by atoms with Crippen LogP contribution in [0.3, 0.4) is 0 Å². The van der Waals surface area contributed by atoms with E-state index < -0.39 is 0 Å². The Morgan fingerprint density at radius 2 is 2.00 bits per heavy atom. The Kier molecular flexibility index (Phi) is 4.59. The van der Waals surface area contributed by atoms with E-state index in [1.807, 2.05) is 24.3 Å². The quantitative estimate of drug-likeness (QED) is 0.854. The SMILES string of the molecule is CC(C)(C)c1nc(Br)cc(NCc2cccc(C#N)c2)n1. The van der Waals surface area contributed by atoms with Gasteiger partial charge in [0.15, 0.2) is 0 Å². The van der Waals surface area contributed by atoms with Gasteiger partial charge in [-0.05, 0) is 33.6 Å². The van der Waals surface area contributed by atoms with Crippen LogP contribution in [0.25, 0.3) is 0 Å². The summed E-state index contributed by atoms with van der Waals surface area (Å²) < 4.78 is 0.760. The summed E-state index contributed by atoms with van der Waals surface area (Å²) >= 11 is 3.42. The van der Waals surface area contributed by atoms with Crippen molar-refractivity contribution >= 4 is 21.7 Å². The molecule has 5 heteroatoms. The first-order valence-electron chi connectivity index (χ1n) is 6.66. The number of nitriles is 1. The Morgan fingerprint density at radius 1 is 1.24 bits per heavy atom. The molecule has 0 bridgehead atoms. The molecule has 4 nitrogen and oxygen atoms in total. The Morgan fingerprint density at radius 3 is 2.67 bits per heavy atom. The molecule has 1 N–H and O–H groups in total. The number of rotatable bonds is 3. The van der Waals surface area contributed by atoms with Crippen LogP contribution in [0, 0.1) is 11.3 Å². The summed E-state index contributed by atoms with van der Waals surface area (Å²) in [5.41, 5.74) is 1.59. The van der Waals surface area contributed by atoms with Crippen LogP contribution in [0.2, 0.25) is 0 Å². The first kappa shape index (κ1) is 15.5. The van der Waals surface area contributed by atoms with Gasteiger partial charge in [-0.1, -0.05) is 32.9 Å². The first-order chi connectivity index (χ1) is 9.88. The molecule has 0 fully saturated rings. The zero-order valence-corrected chi connectivity index (χ0v) is 13.9. The van der Waals surface area contributed by atoms with Crippen LogP contribution >= 0.6 is 15.9 Å². The zero-order chi connectivity index (χ0) is 15.5. The molecule has 0 amide bonds. The van der Waals surface area contributed by atoms with E-state index in [2.05, 4.69) is 58.1 Å². The Bertz CT molecular complexity index is 683. The largest absolute Gasteiger partial charge is 0.366 e. The van der Waals surface area contributed by atoms with Gasteiger partial charge in [0.05, 0.1) is 11.6 Å². The average Bonchev–Trinajstić information content (AvgIpc) is 2.44. The standard InChI is InChI=1S/C16H17BrN4/c1-16(2,3)15-20-13(17)8-14(21-15)19-10-12-6-4-5-11(7-12)9-18/h4-8H,10H2,1-3H3,(H,19,20,21). The van der Waals surface area contributed by atoms with Crippen molar-refractivity contribution in [1.82, 2.24) is 9.97 Å². The molecule has 0 unspecified atom stereocenters. The molecule has 21 heavy (non-hydrogen) atoms. The number of halogens is 1. The van der Waals surface area contributed by atoms with E-state index in [1.165, 1.54) is 0 Å². The van der Waals surface area contributed by atoms with Crippen LogP contribution in [0.15, 0.2) is 34.9 Å². The van der Waals surface area contributed by atoms with Crippen molar-refractivity contribution in [2.24, 2.45) is 0 Å². The zero-order valence-electron chi connectivity index (χ0n) is 12.3. The van der Waals surface area contributed by atoms with E-state index in [4.69, 9.17) is 5.26 Å². The predicted octanol–water partition coefficient (Wildman–Crippen LogP) is 4.02. The number of nitrogens with one attached hydrogen (secondary N) is 1. The van der Waals surface area contributed by atoms with E-state index in [-0.39, 0.29) is 5.41 Å². The lowest BCUT2D eigenvalue weighted by atomic mass is 9.96. The fourth-order valence-electron chi connectivity index (χ4n) is 1.79. The van der Waals surface area contributed by atoms with Gasteiger partial charge >= 0.3 is 0 Å². The third-order valence-corrected chi connectivity index (χ3v) is 3.30. The fourth-order valence-corrected chi connectivity index (χ4v) is 2.17. The third kappa shape index (κ3) is 4.27. The van der Waals surface area contributed by atoms with Gasteiger partial charge < -0.3 is 5.32 Å². The summed E-state index contributed by atoms with van der Waals surface area (Å²) in [5.74, 6) is 1.55. The second kappa shape index (κ2) is 6.23. The fraction of sp³-hybridized carbons (Fsp3) is 0.312. The molecular formula is C16H17BrN4. The summed E-state index contributed by atoms with van der Waals surface area (Å²) in [5, 5.41) is 12.2. The van der Waals surface area contributed by atoms with E-state index in [1.54, 1.807) is 6.07 Å². The highest BCUT2D eigenvalue weighted by Gasteiger charge is 2.18. The molecule has 0 aliphatic carbocycles. The monoisotopic (exact) mass is 344 g/mol. The van der Waals surface area contributed by atoms with Crippen molar-refractivity contribution in [2.75, 3.05) is 5.32 Å². The van der Waals surface area contributed by atoms with Gasteiger partial charge in [-0.2, -0.15) is 5.26 Å². The molecule has 1 aromatic carbocycles. The minimum atomic E-state index is -0.110. The molecule has 0 atom stereocenters. The second-order valence-corrected chi connectivity index (χ2v) is 6.63. The number of hydrogen-bond donors (Lipinski definition) is 1. The highest BCUT2D eigenvalue weighted by molar-refractivity contribution is 9.10. The molecular weight excluding hydrogens is 328 g/mol. The predicted molar refractivity (Wildman–Crippen MR) is 86.9 cm³/mol. The lowest BCUT2D eigenvalue weighted by Crippen LogP contribution is -2.17. The van der Waals surface area contributed by atoms with Crippen LogP contribution in [-0.2, 0) is 12.0 Å². The molecule has 0 saturated carbocycles. The second-order valence-electron chi connectivity index (χ2n) is 5.82. The van der Waals surface area contributed by atoms with Gasteiger partial charge in [-0.25, -0.2) is 9.97 Å². The van der Waals surface area contributed by atoms with Gasteiger partial charge in [0.1, 0.15) is 16.2 Å². The lowest BCUT2D eigenvalue weighted by molar-refractivity contribution is 0.544. The lowest BCUT2D eigenvalue weighted by Gasteiger charge is -2.18. The van der Waals surface area contributed by atoms with Crippen LogP contribution in [0.5, 0.6) is 0 Å². The summed E-state index contributed by atoms with van der Waals surface area (Å²) in [7, 11) is 0. The molecule has 2 rings (SSSR count). The van der Waals surface area contributed by atoms with Gasteiger partial charge in [-0.3, -0.25) is 0 Å². The first-order valence-corrected chi connectivity index (χ1v) is 7.46. The van der Waals surface area contributed by atoms with Crippen molar-refractivity contribution in [3.8, 4) is 6.07 Å². The van der Waals surface area contributed by atoms with Crippen LogP contribution < -0.4 is 5.32 Å². The summed E-state index contributed by atoms with van der Waals surface area (Å²) in [4.78, 5) is 8.96. The van der Waals surface area contributed by atoms with Crippen molar-refractivity contribution in [3.63, 3.8) is 0 Å². The van der Waals surface area contributed by atoms with E-state index >= 15 is 0 Å². The Balaban J connectivity index is 2.16. The molecule has 0 aliphatic heterocycles. The van der Waals surface area contributed by atoms with Crippen LogP contribution in [-0.4, -0.2) is 9.97 Å². The number of aromatic nitrogens is 2. The molecule has 0 radical (unpaired) electrons. The van der Waals surface area contributed by atoms with E-state index in [0.717, 1.165) is 21.8 Å². The molecule has 108 valence electrons. The minimum absolute atomic E-state index is 0.110. The maximum atomic E-state index is 8.91. The van der Waals surface area contributed by atoms with Crippen molar-refractivity contribution in [1.29, 1.82) is 5.26 Å². The molecule has 0 saturated heterocycles. The highest BCUT2D eigenvalue weighted by atomic mass is 79.9. The van der Waals surface area contributed by atoms with Gasteiger partial charge in [0.25, 0.3) is 0 Å². The van der Waals surface area contributed by atoms with Crippen molar-refractivity contribution in [2.45, 2.75) is 32.7 Å². The minimum Gasteiger partial charge on any atom is -0.366 e. The van der Waals surface area contributed by atoms with Crippen LogP contribution in [0.4, 0.5) is 5.82 Å². The Hall–Kier alpha value is -1.93. The normalized spacial score (nSPS) is 11.0. The Labute approximate surface area is 133 Å². The van der Waals surface area contributed by atoms with Crippen LogP contribution in [0.1, 0.15) is 37.7 Å². The average molecular weight is 345 g/mol. The van der Waals surface area contributed by atoms with Gasteiger partial charge in [-0.15, -0.1) is 0 Å². The van der Waals surface area contributed by atoms with Crippen molar-refractivity contribution in [3.05, 3.63) is 51.9 Å². The summed E-state index contributed by atoms with van der Waals surface area (Å²) in [6.07, 6.45) is 0. The van der Waals surface area contributed by atoms with Crippen molar-refractivity contribution < 1.29 is 0 Å². The van der Waals surface area contributed by atoms with Gasteiger partial charge in [0.2, 0.25) is 0 Å². The highest BCUT2D eigenvalue weighted by Crippen LogP contribution is 2.22. The maximum absolute atomic E-state index is 8.91. The van der Waals surface area contributed by atoms with E-state index in [9.17, 15) is 0 Å². The number of hydrogen-bond acceptors (Lipinski definition) is 4. The molecule has 0 spiro atoms. The number of anilines is 1.